The van der Waals surface area contributed by atoms with Gasteiger partial charge in [-0.25, -0.2) is 0 Å². The number of morpholine rings is 1. The Morgan fingerprint density at radius 1 is 1.03 bits per heavy atom. The molecule has 3 N–H and O–H groups in total. The van der Waals surface area contributed by atoms with Gasteiger partial charge in [0.2, 0.25) is 5.91 Å². The van der Waals surface area contributed by atoms with Crippen molar-refractivity contribution in [1.82, 2.24) is 10.2 Å². The first-order valence-electron chi connectivity index (χ1n) is 9.33. The third-order valence-electron chi connectivity index (χ3n) is 4.54. The Hall–Kier alpha value is -2.75. The number of thiophene rings is 1. The van der Waals surface area contributed by atoms with E-state index in [9.17, 15) is 14.4 Å². The fourth-order valence-corrected chi connectivity index (χ4v) is 3.82. The SMILES string of the molecule is CC(=O)Nc1ccc(NC(=O)C(=O)NCC(c2ccsc2)N2CCOCC2)cc1. The lowest BCUT2D eigenvalue weighted by atomic mass is 10.1. The van der Waals surface area contributed by atoms with Crippen LogP contribution in [-0.4, -0.2) is 55.5 Å². The van der Waals surface area contributed by atoms with Gasteiger partial charge >= 0.3 is 11.8 Å². The van der Waals surface area contributed by atoms with Crippen molar-refractivity contribution in [2.45, 2.75) is 13.0 Å². The Bertz CT molecular complexity index is 833. The smallest absolute Gasteiger partial charge is 0.313 e. The van der Waals surface area contributed by atoms with Crippen molar-refractivity contribution in [3.8, 4) is 0 Å². The number of benzene rings is 1. The van der Waals surface area contributed by atoms with Gasteiger partial charge in [0, 0.05) is 37.9 Å². The zero-order chi connectivity index (χ0) is 20.6. The summed E-state index contributed by atoms with van der Waals surface area (Å²) in [6, 6.07) is 8.59. The Morgan fingerprint density at radius 2 is 1.69 bits per heavy atom. The zero-order valence-electron chi connectivity index (χ0n) is 16.1. The first-order valence-corrected chi connectivity index (χ1v) is 10.3. The van der Waals surface area contributed by atoms with E-state index in [0.717, 1.165) is 18.7 Å². The van der Waals surface area contributed by atoms with Crippen LogP contribution < -0.4 is 16.0 Å². The maximum atomic E-state index is 12.3. The molecule has 0 radical (unpaired) electrons. The van der Waals surface area contributed by atoms with Gasteiger partial charge in [-0.15, -0.1) is 0 Å². The van der Waals surface area contributed by atoms with E-state index in [1.165, 1.54) is 6.92 Å². The van der Waals surface area contributed by atoms with Gasteiger partial charge in [0.15, 0.2) is 0 Å². The van der Waals surface area contributed by atoms with E-state index in [2.05, 4.69) is 26.2 Å². The van der Waals surface area contributed by atoms with Crippen LogP contribution in [0.1, 0.15) is 18.5 Å². The molecule has 8 nitrogen and oxygen atoms in total. The van der Waals surface area contributed by atoms with Crippen LogP contribution in [0.4, 0.5) is 11.4 Å². The van der Waals surface area contributed by atoms with Crippen molar-refractivity contribution >= 4 is 40.4 Å². The summed E-state index contributed by atoms with van der Waals surface area (Å²) in [5.74, 6) is -1.60. The normalized spacial score (nSPS) is 15.3. The molecule has 1 aliphatic heterocycles. The lowest BCUT2D eigenvalue weighted by molar-refractivity contribution is -0.136. The van der Waals surface area contributed by atoms with Crippen LogP contribution >= 0.6 is 11.3 Å². The van der Waals surface area contributed by atoms with Gasteiger partial charge in [-0.1, -0.05) is 0 Å². The van der Waals surface area contributed by atoms with Gasteiger partial charge in [-0.3, -0.25) is 19.3 Å². The molecular weight excluding hydrogens is 392 g/mol. The van der Waals surface area contributed by atoms with E-state index >= 15 is 0 Å². The first-order chi connectivity index (χ1) is 14.0. The van der Waals surface area contributed by atoms with Gasteiger partial charge in [0.05, 0.1) is 19.3 Å². The highest BCUT2D eigenvalue weighted by Gasteiger charge is 2.24. The minimum Gasteiger partial charge on any atom is -0.379 e. The number of carbonyl (C=O) groups excluding carboxylic acids is 3. The van der Waals surface area contributed by atoms with Crippen LogP contribution in [0, 0.1) is 0 Å². The van der Waals surface area contributed by atoms with Crippen LogP contribution in [-0.2, 0) is 19.1 Å². The second-order valence-electron chi connectivity index (χ2n) is 6.64. The van der Waals surface area contributed by atoms with Crippen LogP contribution in [0.25, 0.3) is 0 Å². The van der Waals surface area contributed by atoms with Gasteiger partial charge in [-0.05, 0) is 46.7 Å². The second kappa shape index (κ2) is 10.1. The largest absolute Gasteiger partial charge is 0.379 e. The molecule has 1 fully saturated rings. The van der Waals surface area contributed by atoms with Crippen LogP contribution in [0.5, 0.6) is 0 Å². The molecule has 29 heavy (non-hydrogen) atoms. The molecule has 1 aliphatic rings. The third-order valence-corrected chi connectivity index (χ3v) is 5.24. The Morgan fingerprint density at radius 3 is 2.28 bits per heavy atom. The molecule has 2 heterocycles. The minimum atomic E-state index is -0.733. The molecule has 0 bridgehead atoms. The van der Waals surface area contributed by atoms with E-state index < -0.39 is 11.8 Å². The summed E-state index contributed by atoms with van der Waals surface area (Å²) in [6.07, 6.45) is 0. The van der Waals surface area contributed by atoms with Crippen molar-refractivity contribution in [3.63, 3.8) is 0 Å². The number of hydrogen-bond acceptors (Lipinski definition) is 6. The summed E-state index contributed by atoms with van der Waals surface area (Å²) < 4.78 is 5.41. The molecule has 0 saturated carbocycles. The average molecular weight is 417 g/mol. The van der Waals surface area contributed by atoms with Crippen molar-refractivity contribution in [3.05, 3.63) is 46.7 Å². The molecule has 3 rings (SSSR count). The minimum absolute atomic E-state index is 0.00108. The number of amides is 3. The number of carbonyl (C=O) groups is 3. The molecule has 1 saturated heterocycles. The van der Waals surface area contributed by atoms with Gasteiger partial charge < -0.3 is 20.7 Å². The molecule has 1 aromatic heterocycles. The number of ether oxygens (including phenoxy) is 1. The first kappa shape index (κ1) is 21.0. The van der Waals surface area contributed by atoms with Crippen molar-refractivity contribution in [2.75, 3.05) is 43.5 Å². The van der Waals surface area contributed by atoms with Gasteiger partial charge in [0.1, 0.15) is 0 Å². The highest BCUT2D eigenvalue weighted by Crippen LogP contribution is 2.23. The van der Waals surface area contributed by atoms with Crippen LogP contribution in [0.2, 0.25) is 0 Å². The zero-order valence-corrected chi connectivity index (χ0v) is 17.0. The molecule has 9 heteroatoms. The molecule has 1 atom stereocenters. The standard InChI is InChI=1S/C20H24N4O4S/c1-14(25)22-16-2-4-17(5-3-16)23-20(27)19(26)21-12-18(15-6-11-29-13-15)24-7-9-28-10-8-24/h2-6,11,13,18H,7-10,12H2,1H3,(H,21,26)(H,22,25)(H,23,27). The fourth-order valence-electron chi connectivity index (χ4n) is 3.11. The average Bonchev–Trinajstić information content (AvgIpc) is 3.24. The number of nitrogens with one attached hydrogen (secondary N) is 3. The number of rotatable bonds is 6. The predicted molar refractivity (Wildman–Crippen MR) is 112 cm³/mol. The molecule has 0 aliphatic carbocycles. The summed E-state index contributed by atoms with van der Waals surface area (Å²) in [4.78, 5) is 37.8. The van der Waals surface area contributed by atoms with Crippen molar-refractivity contribution in [1.29, 1.82) is 0 Å². The lowest BCUT2D eigenvalue weighted by Gasteiger charge is -2.34. The van der Waals surface area contributed by atoms with Gasteiger partial charge in [-0.2, -0.15) is 11.3 Å². The van der Waals surface area contributed by atoms with E-state index in [1.807, 2.05) is 11.4 Å². The van der Waals surface area contributed by atoms with Gasteiger partial charge in [0.25, 0.3) is 0 Å². The number of hydrogen-bond donors (Lipinski definition) is 3. The summed E-state index contributed by atoms with van der Waals surface area (Å²) in [5.41, 5.74) is 2.21. The molecule has 2 aromatic rings. The number of anilines is 2. The molecule has 3 amide bonds. The second-order valence-corrected chi connectivity index (χ2v) is 7.42. The summed E-state index contributed by atoms with van der Waals surface area (Å²) >= 11 is 1.60. The van der Waals surface area contributed by atoms with E-state index in [4.69, 9.17) is 4.74 Å². The quantitative estimate of drug-likeness (QED) is 0.624. The third kappa shape index (κ3) is 6.11. The maximum Gasteiger partial charge on any atom is 0.313 e. The molecule has 1 aromatic carbocycles. The summed E-state index contributed by atoms with van der Waals surface area (Å²) in [6.45, 7) is 4.63. The molecule has 154 valence electrons. The summed E-state index contributed by atoms with van der Waals surface area (Å²) in [7, 11) is 0. The van der Waals surface area contributed by atoms with E-state index in [0.29, 0.717) is 31.1 Å². The summed E-state index contributed by atoms with van der Waals surface area (Å²) in [5, 5.41) is 12.0. The van der Waals surface area contributed by atoms with Crippen molar-refractivity contribution in [2.24, 2.45) is 0 Å². The highest BCUT2D eigenvalue weighted by molar-refractivity contribution is 7.08. The monoisotopic (exact) mass is 416 g/mol. The van der Waals surface area contributed by atoms with Crippen LogP contribution in [0.3, 0.4) is 0 Å². The maximum absolute atomic E-state index is 12.3. The van der Waals surface area contributed by atoms with Crippen molar-refractivity contribution < 1.29 is 19.1 Å². The highest BCUT2D eigenvalue weighted by atomic mass is 32.1. The lowest BCUT2D eigenvalue weighted by Crippen LogP contribution is -2.45. The van der Waals surface area contributed by atoms with E-state index in [-0.39, 0.29) is 11.9 Å². The molecular formula is C20H24N4O4S. The Kier molecular flexibility index (Phi) is 7.34. The molecule has 0 spiro atoms. The Balaban J connectivity index is 1.55. The predicted octanol–water partition coefficient (Wildman–Crippen LogP) is 1.83. The topological polar surface area (TPSA) is 99.8 Å². The number of nitrogens with zero attached hydrogens (tertiary/aromatic N) is 1. The molecule has 1 unspecified atom stereocenters. The Labute approximate surface area is 173 Å². The van der Waals surface area contributed by atoms with Crippen LogP contribution in [0.15, 0.2) is 41.1 Å². The van der Waals surface area contributed by atoms with E-state index in [1.54, 1.807) is 35.6 Å². The fraction of sp³-hybridized carbons (Fsp3) is 0.350.